The van der Waals surface area contributed by atoms with Gasteiger partial charge in [-0.2, -0.15) is 5.26 Å². The van der Waals surface area contributed by atoms with Crippen LogP contribution in [-0.4, -0.2) is 24.4 Å². The van der Waals surface area contributed by atoms with Crippen molar-refractivity contribution in [2.24, 2.45) is 0 Å². The Balaban J connectivity index is 1.50. The van der Waals surface area contributed by atoms with Gasteiger partial charge in [-0.25, -0.2) is 0 Å². The number of nitrogens with zero attached hydrogens (tertiary/aromatic N) is 2. The molecule has 28 heavy (non-hydrogen) atoms. The maximum atomic E-state index is 10.8. The molecule has 2 aliphatic heterocycles. The van der Waals surface area contributed by atoms with Gasteiger partial charge in [0.25, 0.3) is 0 Å². The first-order valence-electron chi connectivity index (χ1n) is 9.49. The minimum absolute atomic E-state index is 0.252. The fourth-order valence-corrected chi connectivity index (χ4v) is 4.28. The highest BCUT2D eigenvalue weighted by molar-refractivity contribution is 5.76. The lowest BCUT2D eigenvalue weighted by molar-refractivity contribution is -0.105. The molecule has 2 aromatic rings. The highest BCUT2D eigenvalue weighted by Gasteiger charge is 2.42. The Labute approximate surface area is 165 Å². The third-order valence-corrected chi connectivity index (χ3v) is 5.97. The van der Waals surface area contributed by atoms with Crippen LogP contribution in [0.5, 0.6) is 0 Å². The van der Waals surface area contributed by atoms with Crippen molar-refractivity contribution in [3.05, 3.63) is 70.8 Å². The standard InChI is InChI=1S/C23H23N3O2/c1-16-3-5-19(12-22(16)25-15-27)17(2)26-9-7-23(8-10-26)21-6-4-18(13-24)11-20(21)14-28-23/h3-6,11-12,15H,2,7-10,14H2,1H3,(H,25,27). The van der Waals surface area contributed by atoms with E-state index >= 15 is 0 Å². The number of hydrogen-bond acceptors (Lipinski definition) is 4. The molecule has 0 unspecified atom stereocenters. The highest BCUT2D eigenvalue weighted by Crippen LogP contribution is 2.45. The zero-order valence-corrected chi connectivity index (χ0v) is 16.0. The molecule has 4 rings (SSSR count). The molecule has 5 nitrogen and oxygen atoms in total. The van der Waals surface area contributed by atoms with E-state index in [1.807, 2.05) is 37.3 Å². The van der Waals surface area contributed by atoms with Gasteiger partial charge in [-0.1, -0.05) is 24.8 Å². The summed E-state index contributed by atoms with van der Waals surface area (Å²) in [6.07, 6.45) is 2.47. The summed E-state index contributed by atoms with van der Waals surface area (Å²) in [4.78, 5) is 13.1. The predicted molar refractivity (Wildman–Crippen MR) is 108 cm³/mol. The zero-order valence-electron chi connectivity index (χ0n) is 16.0. The molecule has 2 aliphatic rings. The number of nitriles is 1. The molecule has 0 radical (unpaired) electrons. The number of nitrogens with one attached hydrogen (secondary N) is 1. The molecule has 1 N–H and O–H groups in total. The van der Waals surface area contributed by atoms with Crippen LogP contribution < -0.4 is 5.32 Å². The number of ether oxygens (including phenoxy) is 1. The van der Waals surface area contributed by atoms with Gasteiger partial charge in [-0.05, 0) is 60.2 Å². The number of carbonyl (C=O) groups excluding carboxylic acids is 1. The number of piperidine rings is 1. The van der Waals surface area contributed by atoms with Crippen LogP contribution in [0.3, 0.4) is 0 Å². The molecule has 1 amide bonds. The molecular weight excluding hydrogens is 350 g/mol. The highest BCUT2D eigenvalue weighted by atomic mass is 16.5. The van der Waals surface area contributed by atoms with E-state index < -0.39 is 0 Å². The molecule has 5 heteroatoms. The second kappa shape index (κ2) is 7.14. The Morgan fingerprint density at radius 3 is 2.79 bits per heavy atom. The van der Waals surface area contributed by atoms with Crippen molar-refractivity contribution < 1.29 is 9.53 Å². The lowest BCUT2D eigenvalue weighted by Crippen LogP contribution is -2.41. The molecule has 2 heterocycles. The lowest BCUT2D eigenvalue weighted by Gasteiger charge is -2.41. The summed E-state index contributed by atoms with van der Waals surface area (Å²) in [6.45, 7) is 8.54. The van der Waals surface area contributed by atoms with Gasteiger partial charge in [0.15, 0.2) is 0 Å². The van der Waals surface area contributed by atoms with Gasteiger partial charge in [-0.3, -0.25) is 4.79 Å². The molecule has 0 aromatic heterocycles. The number of anilines is 1. The van der Waals surface area contributed by atoms with Crippen LogP contribution >= 0.6 is 0 Å². The number of carbonyl (C=O) groups is 1. The summed E-state index contributed by atoms with van der Waals surface area (Å²) in [7, 11) is 0. The average Bonchev–Trinajstić information content (AvgIpc) is 3.07. The first-order valence-corrected chi connectivity index (χ1v) is 9.49. The van der Waals surface area contributed by atoms with Gasteiger partial charge < -0.3 is 15.0 Å². The Morgan fingerprint density at radius 2 is 2.07 bits per heavy atom. The van der Waals surface area contributed by atoms with E-state index in [-0.39, 0.29) is 5.60 Å². The van der Waals surface area contributed by atoms with Gasteiger partial charge >= 0.3 is 0 Å². The van der Waals surface area contributed by atoms with E-state index in [9.17, 15) is 4.79 Å². The third kappa shape index (κ3) is 3.06. The summed E-state index contributed by atoms with van der Waals surface area (Å²) < 4.78 is 6.24. The van der Waals surface area contributed by atoms with E-state index in [4.69, 9.17) is 10.00 Å². The molecule has 0 aliphatic carbocycles. The normalized spacial score (nSPS) is 17.1. The minimum Gasteiger partial charge on any atom is -0.371 e. The molecule has 1 fully saturated rings. The van der Waals surface area contributed by atoms with Gasteiger partial charge in [0.1, 0.15) is 0 Å². The Bertz CT molecular complexity index is 982. The SMILES string of the molecule is C=C(c1ccc(C)c(NC=O)c1)N1CCC2(CC1)OCc1cc(C#N)ccc12. The molecular formula is C23H23N3O2. The van der Waals surface area contributed by atoms with Crippen molar-refractivity contribution in [2.75, 3.05) is 18.4 Å². The molecule has 0 bridgehead atoms. The number of amides is 1. The van der Waals surface area contributed by atoms with E-state index in [0.29, 0.717) is 18.6 Å². The van der Waals surface area contributed by atoms with Crippen LogP contribution in [0.4, 0.5) is 5.69 Å². The summed E-state index contributed by atoms with van der Waals surface area (Å²) in [6, 6.07) is 14.1. The third-order valence-electron chi connectivity index (χ3n) is 5.97. The quantitative estimate of drug-likeness (QED) is 0.825. The fourth-order valence-electron chi connectivity index (χ4n) is 4.28. The second-order valence-corrected chi connectivity index (χ2v) is 7.49. The molecule has 1 saturated heterocycles. The van der Waals surface area contributed by atoms with E-state index in [1.54, 1.807) is 0 Å². The summed E-state index contributed by atoms with van der Waals surface area (Å²) in [5.74, 6) is 0. The molecule has 142 valence electrons. The monoisotopic (exact) mass is 373 g/mol. The van der Waals surface area contributed by atoms with Crippen molar-refractivity contribution in [3.8, 4) is 6.07 Å². The smallest absolute Gasteiger partial charge is 0.211 e. The van der Waals surface area contributed by atoms with Crippen LogP contribution in [0.1, 0.15) is 40.7 Å². The van der Waals surface area contributed by atoms with Crippen LogP contribution in [0.25, 0.3) is 5.70 Å². The number of benzene rings is 2. The summed E-state index contributed by atoms with van der Waals surface area (Å²) >= 11 is 0. The van der Waals surface area contributed by atoms with E-state index in [0.717, 1.165) is 54.0 Å². The van der Waals surface area contributed by atoms with Crippen molar-refractivity contribution in [1.82, 2.24) is 4.90 Å². The van der Waals surface area contributed by atoms with Crippen molar-refractivity contribution >= 4 is 17.8 Å². The largest absolute Gasteiger partial charge is 0.371 e. The maximum absolute atomic E-state index is 10.8. The molecule has 0 saturated carbocycles. The topological polar surface area (TPSA) is 65.4 Å². The fraction of sp³-hybridized carbons (Fsp3) is 0.304. The van der Waals surface area contributed by atoms with Crippen molar-refractivity contribution in [1.29, 1.82) is 5.26 Å². The van der Waals surface area contributed by atoms with Gasteiger partial charge in [0, 0.05) is 24.5 Å². The number of hydrogen-bond donors (Lipinski definition) is 1. The summed E-state index contributed by atoms with van der Waals surface area (Å²) in [5, 5.41) is 11.9. The van der Waals surface area contributed by atoms with Crippen molar-refractivity contribution in [2.45, 2.75) is 32.0 Å². The van der Waals surface area contributed by atoms with E-state index in [2.05, 4.69) is 28.9 Å². The lowest BCUT2D eigenvalue weighted by atomic mass is 9.83. The zero-order chi connectivity index (χ0) is 19.7. The first kappa shape index (κ1) is 18.3. The summed E-state index contributed by atoms with van der Waals surface area (Å²) in [5.41, 5.74) is 6.59. The van der Waals surface area contributed by atoms with Gasteiger partial charge in [0.05, 0.1) is 23.8 Å². The predicted octanol–water partition coefficient (Wildman–Crippen LogP) is 3.93. The Hall–Kier alpha value is -3.10. The molecule has 1 spiro atoms. The van der Waals surface area contributed by atoms with Crippen LogP contribution in [0, 0.1) is 18.3 Å². The maximum Gasteiger partial charge on any atom is 0.211 e. The average molecular weight is 373 g/mol. The second-order valence-electron chi connectivity index (χ2n) is 7.49. The van der Waals surface area contributed by atoms with Crippen molar-refractivity contribution in [3.63, 3.8) is 0 Å². The molecule has 0 atom stereocenters. The van der Waals surface area contributed by atoms with Crippen LogP contribution in [0.2, 0.25) is 0 Å². The number of rotatable bonds is 4. The van der Waals surface area contributed by atoms with Crippen LogP contribution in [-0.2, 0) is 21.7 Å². The molecule has 2 aromatic carbocycles. The number of aryl methyl sites for hydroxylation is 1. The van der Waals surface area contributed by atoms with Gasteiger partial charge in [0.2, 0.25) is 6.41 Å². The first-order chi connectivity index (χ1) is 13.6. The number of likely N-dealkylation sites (tertiary alicyclic amines) is 1. The Morgan fingerprint density at radius 1 is 1.29 bits per heavy atom. The van der Waals surface area contributed by atoms with E-state index in [1.165, 1.54) is 5.56 Å². The minimum atomic E-state index is -0.252. The van der Waals surface area contributed by atoms with Crippen LogP contribution in [0.15, 0.2) is 43.0 Å². The van der Waals surface area contributed by atoms with Gasteiger partial charge in [-0.15, -0.1) is 0 Å². The number of fused-ring (bicyclic) bond motifs is 2. The Kier molecular flexibility index (Phi) is 4.66.